The van der Waals surface area contributed by atoms with Crippen LogP contribution in [-0.2, 0) is 31.0 Å². The number of rotatable bonds is 3. The molecular weight excluding hydrogens is 569 g/mol. The van der Waals surface area contributed by atoms with Crippen LogP contribution in [0.1, 0.15) is 47.9 Å². The maximum atomic E-state index is 10.7. The predicted molar refractivity (Wildman–Crippen MR) is 139 cm³/mol. The Hall–Kier alpha value is -1.06. The molecule has 2 fully saturated rings. The molecule has 1 N–H and O–H groups in total. The van der Waals surface area contributed by atoms with Crippen molar-refractivity contribution in [2.24, 2.45) is 17.8 Å². The van der Waals surface area contributed by atoms with Crippen LogP contribution >= 0.6 is 0 Å². The molecule has 0 aromatic heterocycles. The number of hydrogen-bond donors (Lipinski definition) is 0. The third kappa shape index (κ3) is 10.1. The number of carbonyl (C=O) groups excluding carboxylic acids is 1. The first-order valence-corrected chi connectivity index (χ1v) is 12.9. The molecule has 2 bridgehead atoms. The summed E-state index contributed by atoms with van der Waals surface area (Å²) in [6.45, 7) is 8.68. The van der Waals surface area contributed by atoms with Crippen molar-refractivity contribution in [1.29, 1.82) is 0 Å². The van der Waals surface area contributed by atoms with Gasteiger partial charge in [-0.1, -0.05) is 105 Å². The molecule has 0 saturated heterocycles. The molecular formula is C29H36Cl2NOSiZr. The van der Waals surface area contributed by atoms with Crippen LogP contribution in [0.15, 0.2) is 66.7 Å². The minimum atomic E-state index is -0.313. The largest absolute Gasteiger partial charge is 4.00 e. The predicted octanol–water partition coefficient (Wildman–Crippen LogP) is -0.280. The number of benzene rings is 2. The van der Waals surface area contributed by atoms with E-state index in [0.717, 1.165) is 12.3 Å². The molecule has 0 spiro atoms. The van der Waals surface area contributed by atoms with Crippen LogP contribution < -0.4 is 35.2 Å². The Morgan fingerprint density at radius 1 is 0.886 bits per heavy atom. The van der Waals surface area contributed by atoms with E-state index in [1.165, 1.54) is 51.9 Å². The van der Waals surface area contributed by atoms with E-state index in [0.29, 0.717) is 5.92 Å². The van der Waals surface area contributed by atoms with Crippen LogP contribution in [0.25, 0.3) is 5.73 Å². The monoisotopic (exact) mass is 602 g/mol. The molecule has 0 heterocycles. The summed E-state index contributed by atoms with van der Waals surface area (Å²) in [6.07, 6.45) is 4.77. The Bertz CT molecular complexity index is 950. The second-order valence-corrected chi connectivity index (χ2v) is 11.0. The van der Waals surface area contributed by atoms with Crippen molar-refractivity contribution in [2.75, 3.05) is 0 Å². The van der Waals surface area contributed by atoms with Crippen LogP contribution in [0.3, 0.4) is 0 Å². The first-order chi connectivity index (χ1) is 15.3. The molecule has 3 aromatic carbocycles. The van der Waals surface area contributed by atoms with E-state index in [1.807, 2.05) is 0 Å². The third-order valence-electron chi connectivity index (χ3n) is 7.19. The summed E-state index contributed by atoms with van der Waals surface area (Å²) >= 11 is 0. The van der Waals surface area contributed by atoms with Gasteiger partial charge in [-0.05, 0) is 31.1 Å². The number of amides is 1. The molecule has 2 saturated carbocycles. The van der Waals surface area contributed by atoms with Gasteiger partial charge in [0.15, 0.2) is 0 Å². The van der Waals surface area contributed by atoms with E-state index >= 15 is 0 Å². The average molecular weight is 605 g/mol. The second-order valence-electron chi connectivity index (χ2n) is 9.37. The molecule has 3 aromatic rings. The maximum absolute atomic E-state index is 10.7. The molecule has 185 valence electrons. The number of fused-ring (bicyclic) bond motifs is 2. The first kappa shape index (κ1) is 33.9. The van der Waals surface area contributed by atoms with Gasteiger partial charge in [0.05, 0.1) is 5.91 Å². The topological polar surface area (TPSA) is 40.9 Å². The fraction of sp³-hybridized carbons (Fsp3) is 0.379. The molecule has 5 rings (SSSR count). The van der Waals surface area contributed by atoms with Crippen molar-refractivity contribution in [3.05, 3.63) is 94.7 Å². The Labute approximate surface area is 246 Å². The molecule has 35 heavy (non-hydrogen) atoms. The van der Waals surface area contributed by atoms with Crippen LogP contribution in [-0.4, -0.2) is 15.4 Å². The summed E-state index contributed by atoms with van der Waals surface area (Å²) in [5.74, 6) is 1.20. The molecule has 3 unspecified atom stereocenters. The van der Waals surface area contributed by atoms with E-state index < -0.39 is 0 Å². The Balaban J connectivity index is 0.000000484. The summed E-state index contributed by atoms with van der Waals surface area (Å²) in [4.78, 5) is 10.7. The zero-order chi connectivity index (χ0) is 23.1. The van der Waals surface area contributed by atoms with Crippen LogP contribution in [0.4, 0.5) is 0 Å². The van der Waals surface area contributed by atoms with Gasteiger partial charge >= 0.3 is 26.2 Å². The van der Waals surface area contributed by atoms with Gasteiger partial charge in [-0.15, -0.1) is 0 Å². The van der Waals surface area contributed by atoms with Crippen LogP contribution in [0.2, 0.25) is 0 Å². The Morgan fingerprint density at radius 2 is 1.40 bits per heavy atom. The Morgan fingerprint density at radius 3 is 1.66 bits per heavy atom. The van der Waals surface area contributed by atoms with Gasteiger partial charge in [0, 0.05) is 5.92 Å². The summed E-state index contributed by atoms with van der Waals surface area (Å²) in [6, 6.07) is 23.6. The van der Waals surface area contributed by atoms with Crippen molar-refractivity contribution in [2.45, 2.75) is 53.4 Å². The number of halogens is 2. The van der Waals surface area contributed by atoms with Crippen molar-refractivity contribution in [1.82, 2.24) is 0 Å². The molecule has 2 nitrogen and oxygen atoms in total. The van der Waals surface area contributed by atoms with Crippen molar-refractivity contribution < 1.29 is 55.8 Å². The SMILES string of the molecule is Cc1c[c-](C)c(C)c1C.[Cl-].[Cl-].[NH-]C(=O)C1CC2CCC1C2.[Zr+4].c1ccc([SiH]c2ccccc2)cc1. The maximum Gasteiger partial charge on any atom is 4.00 e. The van der Waals surface area contributed by atoms with Gasteiger partial charge in [0.1, 0.15) is 9.52 Å². The molecule has 1 radical (unpaired) electrons. The van der Waals surface area contributed by atoms with E-state index in [-0.39, 0.29) is 72.4 Å². The summed E-state index contributed by atoms with van der Waals surface area (Å²) < 4.78 is 0. The minimum Gasteiger partial charge on any atom is -1.00 e. The fourth-order valence-corrected chi connectivity index (χ4v) is 6.20. The molecule has 0 aliphatic heterocycles. The van der Waals surface area contributed by atoms with Gasteiger partial charge in [-0.25, -0.2) is 0 Å². The number of carbonyl (C=O) groups is 1. The van der Waals surface area contributed by atoms with E-state index in [1.54, 1.807) is 0 Å². The molecule has 6 heteroatoms. The van der Waals surface area contributed by atoms with Crippen molar-refractivity contribution in [3.8, 4) is 0 Å². The van der Waals surface area contributed by atoms with E-state index in [9.17, 15) is 4.79 Å². The molecule has 2 aliphatic carbocycles. The quantitative estimate of drug-likeness (QED) is 0.300. The standard InChI is InChI=1S/C12H11Si.C9H13.C8H13NO.2ClH.Zr/c1-3-7-11(8-4-1)13-12-9-5-2-6-10-12;1-6-5-7(2)9(4)8(6)3;9-8(10)7-4-5-1-2-6(7)3-5;;;/h1-10,13H;5H,1-4H3;5-7H,1-4H2,(H2,9,10);2*1H;/q;-1;;;;+4/p-3. The molecule has 2 aliphatic rings. The zero-order valence-corrected chi connectivity index (χ0v) is 26.3. The van der Waals surface area contributed by atoms with Gasteiger partial charge in [0.25, 0.3) is 0 Å². The van der Waals surface area contributed by atoms with Gasteiger partial charge in [0.2, 0.25) is 0 Å². The van der Waals surface area contributed by atoms with Crippen LogP contribution in [0.5, 0.6) is 0 Å². The molecule has 1 amide bonds. The summed E-state index contributed by atoms with van der Waals surface area (Å²) in [5, 5.41) is 2.90. The number of nitrogens with one attached hydrogen (secondary N) is 1. The smallest absolute Gasteiger partial charge is 1.00 e. The first-order valence-electron chi connectivity index (χ1n) is 11.8. The van der Waals surface area contributed by atoms with Crippen LogP contribution in [0, 0.1) is 45.4 Å². The zero-order valence-electron chi connectivity index (χ0n) is 21.2. The second kappa shape index (κ2) is 16.6. The Kier molecular flexibility index (Phi) is 16.1. The summed E-state index contributed by atoms with van der Waals surface area (Å²) in [5.41, 5.74) is 12.7. The molecule has 3 atom stereocenters. The third-order valence-corrected chi connectivity index (χ3v) is 8.62. The minimum absolute atomic E-state index is 0. The van der Waals surface area contributed by atoms with Crippen molar-refractivity contribution in [3.63, 3.8) is 0 Å². The fourth-order valence-electron chi connectivity index (χ4n) is 4.99. The van der Waals surface area contributed by atoms with E-state index in [2.05, 4.69) is 94.4 Å². The van der Waals surface area contributed by atoms with Gasteiger partial charge < -0.3 is 35.3 Å². The number of hydrogen-bond acceptors (Lipinski definition) is 1. The van der Waals surface area contributed by atoms with E-state index in [4.69, 9.17) is 5.73 Å². The normalized spacial score (nSPS) is 18.9. The van der Waals surface area contributed by atoms with Gasteiger partial charge in [-0.2, -0.15) is 28.3 Å². The summed E-state index contributed by atoms with van der Waals surface area (Å²) in [7, 11) is 0.271. The number of aryl methyl sites for hydroxylation is 2. The average Bonchev–Trinajstić information content (AvgIpc) is 3.49. The van der Waals surface area contributed by atoms with Crippen molar-refractivity contribution >= 4 is 25.8 Å². The van der Waals surface area contributed by atoms with Gasteiger partial charge in [-0.3, -0.25) is 0 Å².